The summed E-state index contributed by atoms with van der Waals surface area (Å²) < 4.78 is 1.66. The molecule has 4 nitrogen and oxygen atoms in total. The van der Waals surface area contributed by atoms with Gasteiger partial charge in [0.2, 0.25) is 5.78 Å². The maximum Gasteiger partial charge on any atom is 0.200 e. The van der Waals surface area contributed by atoms with E-state index in [1.54, 1.807) is 71.8 Å². The molecule has 1 unspecified atom stereocenters. The molecule has 0 bridgehead atoms. The van der Waals surface area contributed by atoms with Crippen LogP contribution in [0.15, 0.2) is 67.3 Å². The molecule has 1 heterocycles. The van der Waals surface area contributed by atoms with E-state index in [2.05, 4.69) is 4.98 Å². The molecule has 1 aromatic heterocycles. The Bertz CT molecular complexity index is 830. The van der Waals surface area contributed by atoms with Crippen molar-refractivity contribution in [3.8, 4) is 0 Å². The van der Waals surface area contributed by atoms with Gasteiger partial charge in [-0.3, -0.25) is 4.79 Å². The molecule has 0 saturated heterocycles. The van der Waals surface area contributed by atoms with E-state index < -0.39 is 11.4 Å². The predicted octanol–water partition coefficient (Wildman–Crippen LogP) is 3.96. The van der Waals surface area contributed by atoms with Crippen molar-refractivity contribution in [3.05, 3.63) is 88.4 Å². The summed E-state index contributed by atoms with van der Waals surface area (Å²) in [4.78, 5) is 17.0. The van der Waals surface area contributed by atoms with Gasteiger partial charge in [0.15, 0.2) is 5.60 Å². The molecule has 122 valence electrons. The highest BCUT2D eigenvalue weighted by Gasteiger charge is 2.38. The van der Waals surface area contributed by atoms with Gasteiger partial charge >= 0.3 is 0 Å². The molecule has 24 heavy (non-hydrogen) atoms. The molecule has 0 aliphatic heterocycles. The Hall–Kier alpha value is -2.14. The lowest BCUT2D eigenvalue weighted by atomic mass is 9.85. The summed E-state index contributed by atoms with van der Waals surface area (Å²) >= 11 is 11.8. The Morgan fingerprint density at radius 2 is 1.62 bits per heavy atom. The highest BCUT2D eigenvalue weighted by Crippen LogP contribution is 2.29. The van der Waals surface area contributed by atoms with Gasteiger partial charge in [-0.05, 0) is 42.0 Å². The van der Waals surface area contributed by atoms with Crippen LogP contribution in [0.25, 0.3) is 0 Å². The Morgan fingerprint density at radius 1 is 1.04 bits per heavy atom. The number of halogens is 2. The van der Waals surface area contributed by atoms with E-state index in [1.807, 2.05) is 0 Å². The van der Waals surface area contributed by atoms with E-state index in [0.29, 0.717) is 21.2 Å². The van der Waals surface area contributed by atoms with Gasteiger partial charge < -0.3 is 9.67 Å². The third-order valence-corrected chi connectivity index (χ3v) is 4.28. The van der Waals surface area contributed by atoms with Crippen LogP contribution in [-0.4, -0.2) is 20.4 Å². The quantitative estimate of drug-likeness (QED) is 0.700. The topological polar surface area (TPSA) is 55.1 Å². The number of hydrogen-bond donors (Lipinski definition) is 1. The number of Topliss-reactive ketones (excluding diaryl/α,β-unsaturated/α-hetero) is 1. The van der Waals surface area contributed by atoms with Crippen LogP contribution < -0.4 is 0 Å². The summed E-state index contributed by atoms with van der Waals surface area (Å²) in [6, 6.07) is 13.0. The molecule has 3 rings (SSSR count). The third kappa shape index (κ3) is 3.36. The first-order valence-corrected chi connectivity index (χ1v) is 7.99. The number of imidazole rings is 1. The van der Waals surface area contributed by atoms with Crippen molar-refractivity contribution in [3.63, 3.8) is 0 Å². The van der Waals surface area contributed by atoms with E-state index >= 15 is 0 Å². The van der Waals surface area contributed by atoms with Crippen molar-refractivity contribution in [1.29, 1.82) is 0 Å². The second-order valence-electron chi connectivity index (χ2n) is 5.44. The molecule has 6 heteroatoms. The van der Waals surface area contributed by atoms with Gasteiger partial charge in [0.05, 0.1) is 12.9 Å². The van der Waals surface area contributed by atoms with Crippen LogP contribution in [0.1, 0.15) is 15.9 Å². The summed E-state index contributed by atoms with van der Waals surface area (Å²) in [6.45, 7) is 0.0378. The van der Waals surface area contributed by atoms with E-state index in [4.69, 9.17) is 23.2 Å². The summed E-state index contributed by atoms with van der Waals surface area (Å²) in [5.41, 5.74) is -0.920. The van der Waals surface area contributed by atoms with Crippen molar-refractivity contribution in [1.82, 2.24) is 9.55 Å². The van der Waals surface area contributed by atoms with Crippen molar-refractivity contribution < 1.29 is 9.90 Å². The van der Waals surface area contributed by atoms with Gasteiger partial charge in [0, 0.05) is 28.0 Å². The number of rotatable bonds is 5. The van der Waals surface area contributed by atoms with Crippen molar-refractivity contribution in [2.75, 3.05) is 0 Å². The van der Waals surface area contributed by atoms with Gasteiger partial charge in [-0.25, -0.2) is 4.98 Å². The molecule has 0 aliphatic carbocycles. The van der Waals surface area contributed by atoms with Crippen molar-refractivity contribution in [2.45, 2.75) is 12.1 Å². The van der Waals surface area contributed by atoms with Gasteiger partial charge in [0.25, 0.3) is 0 Å². The van der Waals surface area contributed by atoms with Crippen LogP contribution in [0, 0.1) is 0 Å². The second kappa shape index (κ2) is 6.77. The molecule has 1 N–H and O–H groups in total. The molecule has 0 aliphatic rings. The fourth-order valence-electron chi connectivity index (χ4n) is 2.50. The first kappa shape index (κ1) is 16.7. The van der Waals surface area contributed by atoms with E-state index in [0.717, 1.165) is 0 Å². The number of aliphatic hydroxyl groups is 1. The van der Waals surface area contributed by atoms with Crippen LogP contribution in [0.2, 0.25) is 10.0 Å². The van der Waals surface area contributed by atoms with E-state index in [9.17, 15) is 9.90 Å². The van der Waals surface area contributed by atoms with Crippen LogP contribution >= 0.6 is 23.2 Å². The lowest BCUT2D eigenvalue weighted by Gasteiger charge is -2.28. The lowest BCUT2D eigenvalue weighted by Crippen LogP contribution is -2.40. The number of nitrogens with zero attached hydrogens (tertiary/aromatic N) is 2. The number of aromatic nitrogens is 2. The Morgan fingerprint density at radius 3 is 2.17 bits per heavy atom. The monoisotopic (exact) mass is 360 g/mol. The van der Waals surface area contributed by atoms with Gasteiger partial charge in [-0.2, -0.15) is 0 Å². The minimum Gasteiger partial charge on any atom is -0.375 e. The standard InChI is InChI=1S/C18H14Cl2N2O2/c19-15-5-1-13(2-6-15)17(23)18(24,11-22-10-9-21-12-22)14-3-7-16(20)8-4-14/h1-10,12,24H,11H2. The highest BCUT2D eigenvalue weighted by atomic mass is 35.5. The van der Waals surface area contributed by atoms with Gasteiger partial charge in [-0.15, -0.1) is 0 Å². The fourth-order valence-corrected chi connectivity index (χ4v) is 2.76. The fraction of sp³-hybridized carbons (Fsp3) is 0.111. The SMILES string of the molecule is O=C(c1ccc(Cl)cc1)C(O)(Cn1ccnc1)c1ccc(Cl)cc1. The zero-order valence-corrected chi connectivity index (χ0v) is 14.1. The predicted molar refractivity (Wildman–Crippen MR) is 93.4 cm³/mol. The van der Waals surface area contributed by atoms with Gasteiger partial charge in [-0.1, -0.05) is 35.3 Å². The Labute approximate surface area is 149 Å². The molecule has 0 spiro atoms. The molecule has 3 aromatic rings. The third-order valence-electron chi connectivity index (χ3n) is 3.77. The average Bonchev–Trinajstić information content (AvgIpc) is 3.08. The Kier molecular flexibility index (Phi) is 4.71. The second-order valence-corrected chi connectivity index (χ2v) is 6.31. The van der Waals surface area contributed by atoms with Crippen molar-refractivity contribution >= 4 is 29.0 Å². The summed E-state index contributed by atoms with van der Waals surface area (Å²) in [6.07, 6.45) is 4.83. The number of benzene rings is 2. The summed E-state index contributed by atoms with van der Waals surface area (Å²) in [5.74, 6) is -0.421. The molecule has 0 saturated carbocycles. The molecular formula is C18H14Cl2N2O2. The summed E-state index contributed by atoms with van der Waals surface area (Å²) in [7, 11) is 0. The van der Waals surface area contributed by atoms with Gasteiger partial charge in [0.1, 0.15) is 0 Å². The number of hydrogen-bond acceptors (Lipinski definition) is 3. The zero-order chi connectivity index (χ0) is 17.2. The first-order chi connectivity index (χ1) is 11.5. The van der Waals surface area contributed by atoms with Crippen LogP contribution in [-0.2, 0) is 12.1 Å². The molecule has 2 aromatic carbocycles. The van der Waals surface area contributed by atoms with Crippen LogP contribution in [0.5, 0.6) is 0 Å². The first-order valence-electron chi connectivity index (χ1n) is 7.23. The summed E-state index contributed by atoms with van der Waals surface area (Å²) in [5, 5.41) is 12.3. The molecule has 0 amide bonds. The Balaban J connectivity index is 2.05. The smallest absolute Gasteiger partial charge is 0.200 e. The molecule has 0 fully saturated rings. The zero-order valence-electron chi connectivity index (χ0n) is 12.6. The minimum absolute atomic E-state index is 0.0378. The van der Waals surface area contributed by atoms with Crippen LogP contribution in [0.3, 0.4) is 0 Å². The largest absolute Gasteiger partial charge is 0.375 e. The van der Waals surface area contributed by atoms with E-state index in [-0.39, 0.29) is 6.54 Å². The molecular weight excluding hydrogens is 347 g/mol. The average molecular weight is 361 g/mol. The minimum atomic E-state index is -1.75. The maximum absolute atomic E-state index is 13.0. The number of ketones is 1. The van der Waals surface area contributed by atoms with E-state index in [1.165, 1.54) is 0 Å². The normalized spacial score (nSPS) is 13.5. The van der Waals surface area contributed by atoms with Crippen molar-refractivity contribution in [2.24, 2.45) is 0 Å². The number of carbonyl (C=O) groups excluding carboxylic acids is 1. The van der Waals surface area contributed by atoms with Crippen LogP contribution in [0.4, 0.5) is 0 Å². The maximum atomic E-state index is 13.0. The lowest BCUT2D eigenvalue weighted by molar-refractivity contribution is 0.0202. The molecule has 0 radical (unpaired) electrons. The number of carbonyl (C=O) groups is 1. The highest BCUT2D eigenvalue weighted by molar-refractivity contribution is 6.31. The molecule has 1 atom stereocenters.